The van der Waals surface area contributed by atoms with Gasteiger partial charge < -0.3 is 29.4 Å². The molecule has 2 N–H and O–H groups in total. The topological polar surface area (TPSA) is 112 Å². The van der Waals surface area contributed by atoms with E-state index in [9.17, 15) is 9.59 Å². The van der Waals surface area contributed by atoms with Crippen LogP contribution in [-0.4, -0.2) is 73.5 Å². The second kappa shape index (κ2) is 9.90. The summed E-state index contributed by atoms with van der Waals surface area (Å²) in [5.74, 6) is 2.45. The molecule has 2 bridgehead atoms. The third kappa shape index (κ3) is 4.05. The van der Waals surface area contributed by atoms with Gasteiger partial charge in [0.05, 0.1) is 24.0 Å². The first-order valence-corrected chi connectivity index (χ1v) is 16.3. The van der Waals surface area contributed by atoms with Crippen molar-refractivity contribution < 1.29 is 14.3 Å². The normalized spacial score (nSPS) is 22.1. The summed E-state index contributed by atoms with van der Waals surface area (Å²) in [4.78, 5) is 40.5. The molecule has 46 heavy (non-hydrogen) atoms. The van der Waals surface area contributed by atoms with Crippen molar-refractivity contribution in [3.8, 4) is 28.5 Å². The molecule has 2 unspecified atom stereocenters. The molecule has 3 atom stereocenters. The van der Waals surface area contributed by atoms with Gasteiger partial charge in [-0.3, -0.25) is 9.59 Å². The molecule has 3 aromatic heterocycles. The van der Waals surface area contributed by atoms with Gasteiger partial charge in [0.2, 0.25) is 0 Å². The van der Waals surface area contributed by atoms with Gasteiger partial charge in [-0.2, -0.15) is 0 Å². The van der Waals surface area contributed by atoms with E-state index in [0.29, 0.717) is 36.2 Å². The Labute approximate surface area is 266 Å². The van der Waals surface area contributed by atoms with E-state index in [1.54, 1.807) is 12.0 Å². The molecule has 4 aliphatic rings. The largest absolute Gasteiger partial charge is 0.494 e. The third-order valence-corrected chi connectivity index (χ3v) is 10.8. The van der Waals surface area contributed by atoms with Crippen LogP contribution >= 0.6 is 0 Å². The van der Waals surface area contributed by atoms with Gasteiger partial charge in [-0.05, 0) is 79.5 Å². The number of hydrogen-bond donors (Lipinski definition) is 1. The lowest BCUT2D eigenvalue weighted by atomic mass is 10.0. The van der Waals surface area contributed by atoms with Crippen LogP contribution < -0.4 is 10.5 Å². The Morgan fingerprint density at radius 2 is 1.87 bits per heavy atom. The van der Waals surface area contributed by atoms with Crippen molar-refractivity contribution in [2.75, 3.05) is 20.7 Å². The number of piperidine rings is 1. The lowest BCUT2D eigenvalue weighted by Gasteiger charge is -2.27. The highest BCUT2D eigenvalue weighted by molar-refractivity contribution is 6.01. The average Bonchev–Trinajstić information content (AvgIpc) is 3.26. The van der Waals surface area contributed by atoms with Crippen LogP contribution in [-0.2, 0) is 20.1 Å². The number of carbonyl (C=O) groups excluding carboxylic acids is 2. The fraction of sp³-hybridized carbons (Fsp3) is 0.389. The number of methoxy groups -OCH3 is 1. The summed E-state index contributed by atoms with van der Waals surface area (Å²) in [6.07, 6.45) is 4.46. The number of aromatic nitrogens is 4. The summed E-state index contributed by atoms with van der Waals surface area (Å²) in [5.41, 5.74) is 14.0. The van der Waals surface area contributed by atoms with E-state index in [2.05, 4.69) is 27.3 Å². The highest BCUT2D eigenvalue weighted by atomic mass is 16.5. The van der Waals surface area contributed by atoms with Gasteiger partial charge in [0.1, 0.15) is 16.9 Å². The molecular weight excluding hydrogens is 578 g/mol. The van der Waals surface area contributed by atoms with Crippen molar-refractivity contribution in [2.45, 2.75) is 50.9 Å². The van der Waals surface area contributed by atoms with Crippen molar-refractivity contribution in [3.63, 3.8) is 0 Å². The quantitative estimate of drug-likeness (QED) is 0.293. The monoisotopic (exact) mass is 615 g/mol. The first-order chi connectivity index (χ1) is 22.3. The average molecular weight is 616 g/mol. The predicted octanol–water partition coefficient (Wildman–Crippen LogP) is 4.82. The van der Waals surface area contributed by atoms with E-state index >= 15 is 0 Å². The van der Waals surface area contributed by atoms with Gasteiger partial charge in [0, 0.05) is 67.9 Å². The Morgan fingerprint density at radius 1 is 1.02 bits per heavy atom. The molecule has 2 amide bonds. The molecule has 2 aliphatic carbocycles. The summed E-state index contributed by atoms with van der Waals surface area (Å²) in [5, 5.41) is 1.03. The third-order valence-electron chi connectivity index (χ3n) is 10.8. The molecular formula is C36H37N7O3. The van der Waals surface area contributed by atoms with Gasteiger partial charge in [-0.25, -0.2) is 9.97 Å². The second-order valence-corrected chi connectivity index (χ2v) is 13.7. The zero-order valence-corrected chi connectivity index (χ0v) is 26.4. The number of nitrogens with zero attached hydrogens (tertiary/aromatic N) is 6. The number of carbonyl (C=O) groups is 2. The molecule has 5 aromatic rings. The van der Waals surface area contributed by atoms with E-state index in [4.69, 9.17) is 20.4 Å². The number of aryl methyl sites for hydroxylation is 1. The molecule has 0 spiro atoms. The lowest BCUT2D eigenvalue weighted by molar-refractivity contribution is 0.0700. The maximum absolute atomic E-state index is 13.7. The Bertz CT molecular complexity index is 2110. The highest BCUT2D eigenvalue weighted by Gasteiger charge is 2.47. The molecule has 3 fully saturated rings. The Kier molecular flexibility index (Phi) is 5.94. The van der Waals surface area contributed by atoms with Crippen LogP contribution in [0.4, 0.5) is 0 Å². The van der Waals surface area contributed by atoms with Crippen LogP contribution in [0, 0.1) is 11.8 Å². The summed E-state index contributed by atoms with van der Waals surface area (Å²) < 4.78 is 10.2. The van der Waals surface area contributed by atoms with Gasteiger partial charge in [0.25, 0.3) is 11.8 Å². The van der Waals surface area contributed by atoms with E-state index in [1.165, 1.54) is 12.8 Å². The number of hydrogen-bond acceptors (Lipinski definition) is 6. The van der Waals surface area contributed by atoms with E-state index in [-0.39, 0.29) is 23.9 Å². The van der Waals surface area contributed by atoms with Gasteiger partial charge >= 0.3 is 0 Å². The standard InChI is InChI=1S/C36H37N7O3/c1-40-17-22-7-6-20(12-25(22)36(40)45)26-10-8-21-14-29(42(33(21)38-26)16-19-4-5-19)34-39-27-13-24(15-30(46-3)32(27)41(34)2)35(44)43-18-23-9-11-28(43)31(23)37/h6-8,10,12-15,19,23,28,31H,4-5,9,11,16-18,37H2,1-3H3/t23?,28?,31-/m1/s1. The predicted molar refractivity (Wildman–Crippen MR) is 175 cm³/mol. The molecule has 1 saturated heterocycles. The maximum Gasteiger partial charge on any atom is 0.254 e. The van der Waals surface area contributed by atoms with E-state index < -0.39 is 0 Å². The number of imidazole rings is 1. The summed E-state index contributed by atoms with van der Waals surface area (Å²) in [6.45, 7) is 2.21. The SMILES string of the molecule is COc1cc(C(=O)N2CC3CCC2[C@@H]3N)cc2nc(-c3cc4ccc(-c5ccc6c(c5)C(=O)N(C)C6)nc4n3CC3CC3)n(C)c12. The van der Waals surface area contributed by atoms with Crippen LogP contribution in [0.25, 0.3) is 44.8 Å². The Morgan fingerprint density at radius 3 is 2.61 bits per heavy atom. The number of amides is 2. The van der Waals surface area contributed by atoms with Crippen LogP contribution in [0.5, 0.6) is 5.75 Å². The molecule has 2 aromatic carbocycles. The smallest absolute Gasteiger partial charge is 0.254 e. The Balaban J connectivity index is 1.14. The van der Waals surface area contributed by atoms with Crippen molar-refractivity contribution in [2.24, 2.45) is 24.6 Å². The fourth-order valence-corrected chi connectivity index (χ4v) is 8.09. The summed E-state index contributed by atoms with van der Waals surface area (Å²) in [7, 11) is 5.48. The fourth-order valence-electron chi connectivity index (χ4n) is 8.09. The van der Waals surface area contributed by atoms with Crippen molar-refractivity contribution >= 4 is 33.9 Å². The summed E-state index contributed by atoms with van der Waals surface area (Å²) in [6, 6.07) is 16.3. The number of rotatable bonds is 6. The number of benzene rings is 2. The second-order valence-electron chi connectivity index (χ2n) is 13.7. The maximum atomic E-state index is 13.7. The van der Waals surface area contributed by atoms with Gasteiger partial charge in [-0.15, -0.1) is 0 Å². The molecule has 9 rings (SSSR count). The first kappa shape index (κ1) is 27.6. The highest BCUT2D eigenvalue weighted by Crippen LogP contribution is 2.40. The Hall–Kier alpha value is -4.70. The van der Waals surface area contributed by atoms with Crippen molar-refractivity contribution in [1.29, 1.82) is 0 Å². The number of likely N-dealkylation sites (tertiary alicyclic amines) is 1. The molecule has 0 radical (unpaired) electrons. The van der Waals surface area contributed by atoms with Gasteiger partial charge in [-0.1, -0.05) is 12.1 Å². The minimum atomic E-state index is -0.00507. The van der Waals surface area contributed by atoms with Crippen LogP contribution in [0.3, 0.4) is 0 Å². The van der Waals surface area contributed by atoms with E-state index in [0.717, 1.165) is 75.4 Å². The van der Waals surface area contributed by atoms with Crippen LogP contribution in [0.2, 0.25) is 0 Å². The van der Waals surface area contributed by atoms with Crippen LogP contribution in [0.1, 0.15) is 52.0 Å². The zero-order chi connectivity index (χ0) is 31.4. The molecule has 234 valence electrons. The van der Waals surface area contributed by atoms with E-state index in [1.807, 2.05) is 49.3 Å². The number of nitrogens with two attached hydrogens (primary N) is 1. The molecule has 2 aliphatic heterocycles. The zero-order valence-electron chi connectivity index (χ0n) is 26.4. The van der Waals surface area contributed by atoms with Crippen LogP contribution in [0.15, 0.2) is 48.5 Å². The van der Waals surface area contributed by atoms with Crippen molar-refractivity contribution in [1.82, 2.24) is 28.9 Å². The molecule has 10 heteroatoms. The first-order valence-electron chi connectivity index (χ1n) is 16.3. The minimum Gasteiger partial charge on any atom is -0.494 e. The molecule has 5 heterocycles. The summed E-state index contributed by atoms with van der Waals surface area (Å²) >= 11 is 0. The number of fused-ring (bicyclic) bond motifs is 5. The number of ether oxygens (including phenoxy) is 1. The number of pyridine rings is 1. The molecule has 2 saturated carbocycles. The van der Waals surface area contributed by atoms with Crippen molar-refractivity contribution in [3.05, 3.63) is 65.2 Å². The molecule has 10 nitrogen and oxygen atoms in total. The van der Waals surface area contributed by atoms with Gasteiger partial charge in [0.15, 0.2) is 5.82 Å². The minimum absolute atomic E-state index is 0.00507. The lowest BCUT2D eigenvalue weighted by Crippen LogP contribution is -2.41.